The highest BCUT2D eigenvalue weighted by Crippen LogP contribution is 2.23. The van der Waals surface area contributed by atoms with Crippen LogP contribution in [0.4, 0.5) is 0 Å². The summed E-state index contributed by atoms with van der Waals surface area (Å²) in [6, 6.07) is 2.22. The Labute approximate surface area is 121 Å². The van der Waals surface area contributed by atoms with Crippen LogP contribution >= 0.6 is 0 Å². The Kier molecular flexibility index (Phi) is 5.24. The topological polar surface area (TPSA) is 45.5 Å². The van der Waals surface area contributed by atoms with Crippen LogP contribution in [0.15, 0.2) is 17.1 Å². The van der Waals surface area contributed by atoms with E-state index in [0.29, 0.717) is 6.04 Å². The second-order valence-corrected chi connectivity index (χ2v) is 5.91. The summed E-state index contributed by atoms with van der Waals surface area (Å²) in [5, 5.41) is 9.59. The number of pyridine rings is 1. The van der Waals surface area contributed by atoms with E-state index in [4.69, 9.17) is 0 Å². The molecule has 0 unspecified atom stereocenters. The normalized spacial score (nSPS) is 16.8. The quantitative estimate of drug-likeness (QED) is 0.900. The molecule has 112 valence electrons. The fraction of sp³-hybridized carbons (Fsp3) is 0.688. The highest BCUT2D eigenvalue weighted by molar-refractivity contribution is 5.20. The summed E-state index contributed by atoms with van der Waals surface area (Å²) in [5.41, 5.74) is 0.729. The van der Waals surface area contributed by atoms with E-state index in [9.17, 15) is 9.90 Å². The number of nitrogens with zero attached hydrogens (tertiary/aromatic N) is 2. The van der Waals surface area contributed by atoms with Gasteiger partial charge in [-0.2, -0.15) is 0 Å². The first kappa shape index (κ1) is 15.1. The minimum absolute atomic E-state index is 0.150. The second kappa shape index (κ2) is 6.93. The first-order chi connectivity index (χ1) is 9.61. The predicted octanol–water partition coefficient (Wildman–Crippen LogP) is 2.73. The van der Waals surface area contributed by atoms with E-state index in [-0.39, 0.29) is 11.2 Å². The monoisotopic (exact) mass is 278 g/mol. The van der Waals surface area contributed by atoms with Crippen molar-refractivity contribution in [2.24, 2.45) is 0 Å². The van der Waals surface area contributed by atoms with Gasteiger partial charge in [-0.15, -0.1) is 0 Å². The van der Waals surface area contributed by atoms with Crippen molar-refractivity contribution >= 4 is 0 Å². The molecule has 1 heterocycles. The predicted molar refractivity (Wildman–Crippen MR) is 81.0 cm³/mol. The van der Waals surface area contributed by atoms with Crippen LogP contribution in [0.3, 0.4) is 0 Å². The Hall–Kier alpha value is -1.29. The highest BCUT2D eigenvalue weighted by atomic mass is 16.3. The lowest BCUT2D eigenvalue weighted by molar-refractivity contribution is 0.180. The second-order valence-electron chi connectivity index (χ2n) is 5.91. The number of hydrogen-bond acceptors (Lipinski definition) is 3. The van der Waals surface area contributed by atoms with Crippen molar-refractivity contribution in [1.29, 1.82) is 0 Å². The van der Waals surface area contributed by atoms with Gasteiger partial charge >= 0.3 is 0 Å². The molecule has 0 spiro atoms. The molecule has 0 amide bonds. The molecule has 0 aromatic carbocycles. The molecule has 0 radical (unpaired) electrons. The molecule has 1 saturated carbocycles. The number of aromatic hydroxyl groups is 1. The van der Waals surface area contributed by atoms with Gasteiger partial charge in [0.1, 0.15) is 0 Å². The summed E-state index contributed by atoms with van der Waals surface area (Å²) in [7, 11) is 2.14. The largest absolute Gasteiger partial charge is 0.503 e. The van der Waals surface area contributed by atoms with E-state index in [0.717, 1.165) is 25.2 Å². The van der Waals surface area contributed by atoms with Crippen LogP contribution in [0.5, 0.6) is 5.75 Å². The maximum absolute atomic E-state index is 11.7. The van der Waals surface area contributed by atoms with Gasteiger partial charge in [0.15, 0.2) is 5.75 Å². The lowest BCUT2D eigenvalue weighted by Crippen LogP contribution is -2.34. The molecule has 1 aliphatic rings. The molecule has 1 fully saturated rings. The van der Waals surface area contributed by atoms with Crippen LogP contribution in [-0.2, 0) is 13.1 Å². The van der Waals surface area contributed by atoms with Crippen molar-refractivity contribution in [3.8, 4) is 5.75 Å². The smallest absolute Gasteiger partial charge is 0.223 e. The van der Waals surface area contributed by atoms with Crippen LogP contribution in [0.1, 0.15) is 51.1 Å². The van der Waals surface area contributed by atoms with Gasteiger partial charge < -0.3 is 9.67 Å². The summed E-state index contributed by atoms with van der Waals surface area (Å²) >= 11 is 0. The number of hydrogen-bond donors (Lipinski definition) is 1. The van der Waals surface area contributed by atoms with E-state index in [1.54, 1.807) is 12.3 Å². The molecule has 1 aromatic heterocycles. The fourth-order valence-corrected chi connectivity index (χ4v) is 3.09. The van der Waals surface area contributed by atoms with E-state index < -0.39 is 0 Å². The summed E-state index contributed by atoms with van der Waals surface area (Å²) in [6.07, 6.45) is 9.06. The first-order valence-corrected chi connectivity index (χ1v) is 7.74. The van der Waals surface area contributed by atoms with Crippen LogP contribution in [0, 0.1) is 0 Å². The van der Waals surface area contributed by atoms with Crippen LogP contribution in [0.25, 0.3) is 0 Å². The summed E-state index contributed by atoms with van der Waals surface area (Å²) in [4.78, 5) is 14.0. The molecule has 2 rings (SSSR count). The van der Waals surface area contributed by atoms with Gasteiger partial charge in [-0.1, -0.05) is 26.2 Å². The molecule has 0 saturated heterocycles. The van der Waals surface area contributed by atoms with Crippen molar-refractivity contribution in [3.63, 3.8) is 0 Å². The van der Waals surface area contributed by atoms with Gasteiger partial charge in [-0.3, -0.25) is 9.69 Å². The van der Waals surface area contributed by atoms with Crippen molar-refractivity contribution in [1.82, 2.24) is 9.47 Å². The zero-order valence-corrected chi connectivity index (χ0v) is 12.6. The summed E-state index contributed by atoms with van der Waals surface area (Å²) in [5.74, 6) is -0.150. The van der Waals surface area contributed by atoms with Gasteiger partial charge in [0.2, 0.25) is 5.43 Å². The van der Waals surface area contributed by atoms with E-state index in [1.165, 1.54) is 32.1 Å². The lowest BCUT2D eigenvalue weighted by atomic mass is 9.94. The van der Waals surface area contributed by atoms with Crippen molar-refractivity contribution < 1.29 is 5.11 Å². The molecular weight excluding hydrogens is 252 g/mol. The zero-order valence-electron chi connectivity index (χ0n) is 12.6. The van der Waals surface area contributed by atoms with Gasteiger partial charge in [-0.25, -0.2) is 0 Å². The van der Waals surface area contributed by atoms with Crippen LogP contribution in [0.2, 0.25) is 0 Å². The Morgan fingerprint density at radius 3 is 2.70 bits per heavy atom. The fourth-order valence-electron chi connectivity index (χ4n) is 3.09. The first-order valence-electron chi connectivity index (χ1n) is 7.74. The van der Waals surface area contributed by atoms with E-state index in [1.807, 2.05) is 4.57 Å². The minimum atomic E-state index is -0.274. The van der Waals surface area contributed by atoms with Crippen molar-refractivity contribution in [2.75, 3.05) is 7.05 Å². The number of rotatable bonds is 5. The Bertz CT molecular complexity index is 490. The Balaban J connectivity index is 2.14. The van der Waals surface area contributed by atoms with E-state index in [2.05, 4.69) is 18.9 Å². The van der Waals surface area contributed by atoms with Crippen molar-refractivity contribution in [3.05, 3.63) is 28.2 Å². The van der Waals surface area contributed by atoms with Crippen LogP contribution in [-0.4, -0.2) is 27.7 Å². The molecular formula is C16H26N2O2. The third-order valence-corrected chi connectivity index (χ3v) is 4.27. The minimum Gasteiger partial charge on any atom is -0.503 e. The molecule has 1 aliphatic carbocycles. The molecule has 0 aliphatic heterocycles. The molecule has 0 bridgehead atoms. The number of aryl methyl sites for hydroxylation is 1. The van der Waals surface area contributed by atoms with Crippen LogP contribution < -0.4 is 5.43 Å². The lowest BCUT2D eigenvalue weighted by Gasteiger charge is -2.31. The third kappa shape index (κ3) is 3.63. The average Bonchev–Trinajstić information content (AvgIpc) is 2.45. The Morgan fingerprint density at radius 2 is 2.05 bits per heavy atom. The molecule has 1 N–H and O–H groups in total. The van der Waals surface area contributed by atoms with Crippen molar-refractivity contribution in [2.45, 2.75) is 64.6 Å². The van der Waals surface area contributed by atoms with Gasteiger partial charge in [0.05, 0.1) is 6.20 Å². The maximum atomic E-state index is 11.7. The third-order valence-electron chi connectivity index (χ3n) is 4.27. The summed E-state index contributed by atoms with van der Waals surface area (Å²) < 4.78 is 2.01. The molecule has 4 heteroatoms. The SMILES string of the molecule is CCCn1cc(O)c(=O)cc1CN(C)C1CCCCC1. The molecule has 1 aromatic rings. The molecule has 20 heavy (non-hydrogen) atoms. The molecule has 0 atom stereocenters. The summed E-state index contributed by atoms with van der Waals surface area (Å²) in [6.45, 7) is 3.71. The average molecular weight is 278 g/mol. The van der Waals surface area contributed by atoms with Gasteiger partial charge in [0.25, 0.3) is 0 Å². The zero-order chi connectivity index (χ0) is 14.5. The maximum Gasteiger partial charge on any atom is 0.223 e. The molecule has 4 nitrogen and oxygen atoms in total. The number of aromatic nitrogens is 1. The standard InChI is InChI=1S/C16H26N2O2/c1-3-9-18-12-16(20)15(19)10-14(18)11-17(2)13-7-5-4-6-8-13/h10,12-13,20H,3-9,11H2,1-2H3. The van der Waals surface area contributed by atoms with Gasteiger partial charge in [-0.05, 0) is 26.3 Å². The Morgan fingerprint density at radius 1 is 1.35 bits per heavy atom. The van der Waals surface area contributed by atoms with Gasteiger partial charge in [0, 0.05) is 30.9 Å². The van der Waals surface area contributed by atoms with E-state index >= 15 is 0 Å². The highest BCUT2D eigenvalue weighted by Gasteiger charge is 2.19.